The van der Waals surface area contributed by atoms with Gasteiger partial charge in [0, 0.05) is 5.92 Å². The number of hydrogen-bond acceptors (Lipinski definition) is 2. The molecule has 3 nitrogen and oxygen atoms in total. The van der Waals surface area contributed by atoms with Crippen LogP contribution in [-0.2, 0) is 19.3 Å². The second-order valence-corrected chi connectivity index (χ2v) is 5.73. The molecule has 0 atom stereocenters. The maximum atomic E-state index is 11.9. The number of aromatic amines is 1. The Hall–Kier alpha value is -1.42. The molecule has 1 aliphatic carbocycles. The Morgan fingerprint density at radius 3 is 2.53 bits per heavy atom. The van der Waals surface area contributed by atoms with Crippen molar-refractivity contribution in [1.29, 1.82) is 0 Å². The SMILES string of the molecule is CCc1nc(C2Cc3ccccc3C2)[nH]c(=O)c1Br. The number of benzene rings is 1. The van der Waals surface area contributed by atoms with E-state index in [-0.39, 0.29) is 5.56 Å². The summed E-state index contributed by atoms with van der Waals surface area (Å²) >= 11 is 3.31. The van der Waals surface area contributed by atoms with E-state index in [9.17, 15) is 4.79 Å². The number of nitrogens with one attached hydrogen (secondary N) is 1. The minimum atomic E-state index is -0.0715. The fraction of sp³-hybridized carbons (Fsp3) is 0.333. The summed E-state index contributed by atoms with van der Waals surface area (Å²) in [6, 6.07) is 8.45. The van der Waals surface area contributed by atoms with Gasteiger partial charge in [0.2, 0.25) is 0 Å². The third-order valence-corrected chi connectivity index (χ3v) is 4.54. The van der Waals surface area contributed by atoms with Crippen LogP contribution in [0.4, 0.5) is 0 Å². The van der Waals surface area contributed by atoms with Crippen molar-refractivity contribution in [2.45, 2.75) is 32.1 Å². The standard InChI is InChI=1S/C15H15BrN2O/c1-2-12-13(16)15(19)18-14(17-12)11-7-9-5-3-4-6-10(9)8-11/h3-6,11H,2,7-8H2,1H3,(H,17,18,19). The van der Waals surface area contributed by atoms with E-state index in [4.69, 9.17) is 0 Å². The normalized spacial score (nSPS) is 14.6. The highest BCUT2D eigenvalue weighted by Crippen LogP contribution is 2.32. The van der Waals surface area contributed by atoms with Gasteiger partial charge in [0.25, 0.3) is 5.56 Å². The van der Waals surface area contributed by atoms with Crippen LogP contribution in [0.3, 0.4) is 0 Å². The lowest BCUT2D eigenvalue weighted by atomic mass is 10.1. The highest BCUT2D eigenvalue weighted by atomic mass is 79.9. The third-order valence-electron chi connectivity index (χ3n) is 3.72. The van der Waals surface area contributed by atoms with Crippen LogP contribution in [0.1, 0.15) is 35.5 Å². The van der Waals surface area contributed by atoms with Gasteiger partial charge < -0.3 is 4.98 Å². The molecule has 1 aromatic heterocycles. The van der Waals surface area contributed by atoms with Gasteiger partial charge in [0.15, 0.2) is 0 Å². The summed E-state index contributed by atoms with van der Waals surface area (Å²) in [6.45, 7) is 2.01. The Balaban J connectivity index is 1.98. The highest BCUT2D eigenvalue weighted by molar-refractivity contribution is 9.10. The minimum absolute atomic E-state index is 0.0715. The van der Waals surface area contributed by atoms with E-state index in [1.165, 1.54) is 11.1 Å². The van der Waals surface area contributed by atoms with Crippen LogP contribution < -0.4 is 5.56 Å². The Morgan fingerprint density at radius 1 is 1.32 bits per heavy atom. The number of hydrogen-bond donors (Lipinski definition) is 1. The molecule has 1 heterocycles. The van der Waals surface area contributed by atoms with Crippen molar-refractivity contribution in [3.8, 4) is 0 Å². The molecule has 0 spiro atoms. The first-order valence-corrected chi connectivity index (χ1v) is 7.33. The molecule has 0 saturated carbocycles. The molecule has 3 rings (SSSR count). The Kier molecular flexibility index (Phi) is 3.27. The fourth-order valence-electron chi connectivity index (χ4n) is 2.70. The van der Waals surface area contributed by atoms with Crippen LogP contribution >= 0.6 is 15.9 Å². The summed E-state index contributed by atoms with van der Waals surface area (Å²) in [7, 11) is 0. The molecule has 19 heavy (non-hydrogen) atoms. The van der Waals surface area contributed by atoms with Crippen LogP contribution in [0.5, 0.6) is 0 Å². The van der Waals surface area contributed by atoms with Crippen LogP contribution in [0.15, 0.2) is 33.5 Å². The number of halogens is 1. The maximum Gasteiger partial charge on any atom is 0.265 e. The van der Waals surface area contributed by atoms with E-state index in [2.05, 4.69) is 50.2 Å². The molecule has 4 heteroatoms. The first-order valence-electron chi connectivity index (χ1n) is 6.54. The molecule has 98 valence electrons. The molecular formula is C15H15BrN2O. The quantitative estimate of drug-likeness (QED) is 0.925. The van der Waals surface area contributed by atoms with E-state index in [0.29, 0.717) is 10.4 Å². The molecule has 0 saturated heterocycles. The van der Waals surface area contributed by atoms with Gasteiger partial charge in [0.1, 0.15) is 10.3 Å². The molecule has 1 aliphatic rings. The summed E-state index contributed by atoms with van der Waals surface area (Å²) in [6.07, 6.45) is 2.69. The van der Waals surface area contributed by atoms with Crippen molar-refractivity contribution in [3.63, 3.8) is 0 Å². The molecule has 0 unspecified atom stereocenters. The van der Waals surface area contributed by atoms with Crippen molar-refractivity contribution < 1.29 is 0 Å². The number of nitrogens with zero attached hydrogens (tertiary/aromatic N) is 1. The summed E-state index contributed by atoms with van der Waals surface area (Å²) < 4.78 is 0.564. The van der Waals surface area contributed by atoms with Crippen LogP contribution in [0.2, 0.25) is 0 Å². The monoisotopic (exact) mass is 318 g/mol. The van der Waals surface area contributed by atoms with Gasteiger partial charge in [-0.2, -0.15) is 0 Å². The van der Waals surface area contributed by atoms with Gasteiger partial charge in [-0.1, -0.05) is 31.2 Å². The fourth-order valence-corrected chi connectivity index (χ4v) is 3.17. The lowest BCUT2D eigenvalue weighted by Gasteiger charge is -2.10. The van der Waals surface area contributed by atoms with Gasteiger partial charge in [0.05, 0.1) is 5.69 Å². The Morgan fingerprint density at radius 2 is 1.95 bits per heavy atom. The average Bonchev–Trinajstić information content (AvgIpc) is 2.85. The number of H-pyrrole nitrogens is 1. The van der Waals surface area contributed by atoms with Crippen molar-refractivity contribution in [1.82, 2.24) is 9.97 Å². The molecule has 0 fully saturated rings. The zero-order valence-electron chi connectivity index (χ0n) is 10.7. The van der Waals surface area contributed by atoms with Crippen molar-refractivity contribution in [2.75, 3.05) is 0 Å². The first kappa shape index (κ1) is 12.6. The van der Waals surface area contributed by atoms with Gasteiger partial charge in [-0.15, -0.1) is 0 Å². The highest BCUT2D eigenvalue weighted by Gasteiger charge is 2.25. The second-order valence-electron chi connectivity index (χ2n) is 4.94. The Labute approximate surface area is 120 Å². The summed E-state index contributed by atoms with van der Waals surface area (Å²) in [5.41, 5.74) is 3.51. The second kappa shape index (κ2) is 4.93. The minimum Gasteiger partial charge on any atom is -0.309 e. The van der Waals surface area contributed by atoms with Crippen molar-refractivity contribution in [3.05, 3.63) is 61.7 Å². The number of aryl methyl sites for hydroxylation is 1. The lowest BCUT2D eigenvalue weighted by molar-refractivity contribution is 0.667. The zero-order valence-corrected chi connectivity index (χ0v) is 12.3. The number of fused-ring (bicyclic) bond motifs is 1. The topological polar surface area (TPSA) is 45.8 Å². The molecule has 0 amide bonds. The van der Waals surface area contributed by atoms with E-state index in [1.54, 1.807) is 0 Å². The first-order chi connectivity index (χ1) is 9.19. The largest absolute Gasteiger partial charge is 0.309 e. The predicted molar refractivity (Wildman–Crippen MR) is 78.5 cm³/mol. The molecule has 1 aromatic carbocycles. The van der Waals surface area contributed by atoms with Crippen molar-refractivity contribution >= 4 is 15.9 Å². The van der Waals surface area contributed by atoms with Crippen LogP contribution in [0, 0.1) is 0 Å². The molecule has 2 aromatic rings. The summed E-state index contributed by atoms with van der Waals surface area (Å²) in [4.78, 5) is 19.4. The molecule has 1 N–H and O–H groups in total. The summed E-state index contributed by atoms with van der Waals surface area (Å²) in [5.74, 6) is 1.12. The van der Waals surface area contributed by atoms with Crippen molar-refractivity contribution in [2.24, 2.45) is 0 Å². The number of aromatic nitrogens is 2. The van der Waals surface area contributed by atoms with Gasteiger partial charge in [-0.25, -0.2) is 4.98 Å². The van der Waals surface area contributed by atoms with Gasteiger partial charge in [-0.05, 0) is 46.3 Å². The maximum absolute atomic E-state index is 11.9. The average molecular weight is 319 g/mol. The van der Waals surface area contributed by atoms with E-state index < -0.39 is 0 Å². The summed E-state index contributed by atoms with van der Waals surface area (Å²) in [5, 5.41) is 0. The van der Waals surface area contributed by atoms with E-state index in [0.717, 1.165) is 30.8 Å². The smallest absolute Gasteiger partial charge is 0.265 e. The third kappa shape index (κ3) is 2.25. The number of rotatable bonds is 2. The molecular weight excluding hydrogens is 304 g/mol. The van der Waals surface area contributed by atoms with Crippen LogP contribution in [-0.4, -0.2) is 9.97 Å². The molecule has 0 bridgehead atoms. The molecule has 0 radical (unpaired) electrons. The molecule has 0 aliphatic heterocycles. The van der Waals surface area contributed by atoms with E-state index in [1.807, 2.05) is 6.92 Å². The predicted octanol–water partition coefficient (Wildman–Crippen LogP) is 2.98. The van der Waals surface area contributed by atoms with Gasteiger partial charge >= 0.3 is 0 Å². The Bertz CT molecular complexity index is 653. The van der Waals surface area contributed by atoms with E-state index >= 15 is 0 Å². The zero-order chi connectivity index (χ0) is 13.4. The van der Waals surface area contributed by atoms with Gasteiger partial charge in [-0.3, -0.25) is 4.79 Å². The lowest BCUT2D eigenvalue weighted by Crippen LogP contribution is -2.18. The van der Waals surface area contributed by atoms with Crippen LogP contribution in [0.25, 0.3) is 0 Å².